The van der Waals surface area contributed by atoms with Crippen molar-refractivity contribution in [3.05, 3.63) is 36.4 Å². The predicted molar refractivity (Wildman–Crippen MR) is 108 cm³/mol. The number of piperazine rings is 1. The molecule has 0 spiro atoms. The summed E-state index contributed by atoms with van der Waals surface area (Å²) in [6.45, 7) is 4.20. The molecule has 0 bridgehead atoms. The molecule has 5 heteroatoms. The van der Waals surface area contributed by atoms with E-state index >= 15 is 0 Å². The van der Waals surface area contributed by atoms with E-state index in [2.05, 4.69) is 52.5 Å². The van der Waals surface area contributed by atoms with Crippen LogP contribution in [0.5, 0.6) is 0 Å². The standard InChI is InChI=1S/C21H29N5/c1-25-12-14-26(15-13-25)20-16-19(22-18-10-6-3-7-11-18)23-21(24-20)17-8-4-2-5-9-17/h2,4-5,8-9,16,18H,3,6-7,10-15H2,1H3,(H,22,23,24). The van der Waals surface area contributed by atoms with Crippen LogP contribution in [0.1, 0.15) is 32.1 Å². The molecule has 1 saturated carbocycles. The van der Waals surface area contributed by atoms with E-state index in [1.807, 2.05) is 6.07 Å². The molecule has 1 N–H and O–H groups in total. The van der Waals surface area contributed by atoms with E-state index < -0.39 is 0 Å². The van der Waals surface area contributed by atoms with Crippen LogP contribution in [0.25, 0.3) is 11.4 Å². The van der Waals surface area contributed by atoms with Gasteiger partial charge in [-0.2, -0.15) is 0 Å². The molecule has 138 valence electrons. The van der Waals surface area contributed by atoms with Crippen LogP contribution < -0.4 is 10.2 Å². The second kappa shape index (κ2) is 8.04. The molecule has 0 atom stereocenters. The normalized spacial score (nSPS) is 19.5. The Labute approximate surface area is 156 Å². The molecule has 2 heterocycles. The van der Waals surface area contributed by atoms with Crippen LogP contribution in [0.3, 0.4) is 0 Å². The van der Waals surface area contributed by atoms with Gasteiger partial charge in [0, 0.05) is 43.9 Å². The fourth-order valence-corrected chi connectivity index (χ4v) is 3.88. The quantitative estimate of drug-likeness (QED) is 0.911. The van der Waals surface area contributed by atoms with E-state index in [-0.39, 0.29) is 0 Å². The molecule has 26 heavy (non-hydrogen) atoms. The molecule has 2 aromatic rings. The lowest BCUT2D eigenvalue weighted by atomic mass is 9.95. The van der Waals surface area contributed by atoms with Gasteiger partial charge in [-0.25, -0.2) is 9.97 Å². The summed E-state index contributed by atoms with van der Waals surface area (Å²) < 4.78 is 0. The third kappa shape index (κ3) is 4.15. The van der Waals surface area contributed by atoms with Gasteiger partial charge in [-0.05, 0) is 19.9 Å². The largest absolute Gasteiger partial charge is 0.367 e. The number of hydrogen-bond acceptors (Lipinski definition) is 5. The minimum Gasteiger partial charge on any atom is -0.367 e. The number of nitrogens with zero attached hydrogens (tertiary/aromatic N) is 4. The van der Waals surface area contributed by atoms with Crippen molar-refractivity contribution in [2.75, 3.05) is 43.4 Å². The first-order valence-electron chi connectivity index (χ1n) is 9.92. The summed E-state index contributed by atoms with van der Waals surface area (Å²) in [7, 11) is 2.18. The van der Waals surface area contributed by atoms with E-state index in [1.54, 1.807) is 0 Å². The fraction of sp³-hybridized carbons (Fsp3) is 0.524. The minimum atomic E-state index is 0.544. The van der Waals surface area contributed by atoms with Gasteiger partial charge in [-0.15, -0.1) is 0 Å². The van der Waals surface area contributed by atoms with Crippen molar-refractivity contribution in [2.24, 2.45) is 0 Å². The van der Waals surface area contributed by atoms with Crippen LogP contribution >= 0.6 is 0 Å². The predicted octanol–water partition coefficient (Wildman–Crippen LogP) is 3.64. The van der Waals surface area contributed by atoms with Crippen LogP contribution in [-0.2, 0) is 0 Å². The van der Waals surface area contributed by atoms with Crippen molar-refractivity contribution in [3.8, 4) is 11.4 Å². The molecular weight excluding hydrogens is 322 g/mol. The molecular formula is C21H29N5. The maximum absolute atomic E-state index is 4.90. The molecule has 4 rings (SSSR count). The Morgan fingerprint density at radius 2 is 1.65 bits per heavy atom. The highest BCUT2D eigenvalue weighted by Crippen LogP contribution is 2.26. The monoisotopic (exact) mass is 351 g/mol. The van der Waals surface area contributed by atoms with E-state index in [1.165, 1.54) is 32.1 Å². The lowest BCUT2D eigenvalue weighted by Gasteiger charge is -2.33. The molecule has 2 aliphatic rings. The van der Waals surface area contributed by atoms with Crippen molar-refractivity contribution in [3.63, 3.8) is 0 Å². The first-order chi connectivity index (χ1) is 12.8. The Morgan fingerprint density at radius 1 is 0.923 bits per heavy atom. The summed E-state index contributed by atoms with van der Waals surface area (Å²) in [5.41, 5.74) is 1.08. The van der Waals surface area contributed by atoms with Gasteiger partial charge in [0.1, 0.15) is 11.6 Å². The molecule has 1 aliphatic heterocycles. The Bertz CT molecular complexity index is 704. The van der Waals surface area contributed by atoms with Crippen molar-refractivity contribution in [1.29, 1.82) is 0 Å². The van der Waals surface area contributed by atoms with Crippen molar-refractivity contribution < 1.29 is 0 Å². The number of anilines is 2. The van der Waals surface area contributed by atoms with Crippen LogP contribution in [0.15, 0.2) is 36.4 Å². The number of rotatable bonds is 4. The van der Waals surface area contributed by atoms with Crippen LogP contribution in [0.2, 0.25) is 0 Å². The summed E-state index contributed by atoms with van der Waals surface area (Å²) in [6, 6.07) is 13.0. The molecule has 5 nitrogen and oxygen atoms in total. The maximum atomic E-state index is 4.90. The summed E-state index contributed by atoms with van der Waals surface area (Å²) in [6.07, 6.45) is 6.49. The minimum absolute atomic E-state index is 0.544. The summed E-state index contributed by atoms with van der Waals surface area (Å²) in [5, 5.41) is 3.69. The lowest BCUT2D eigenvalue weighted by Crippen LogP contribution is -2.44. The number of aromatic nitrogens is 2. The first-order valence-corrected chi connectivity index (χ1v) is 9.92. The third-order valence-electron chi connectivity index (χ3n) is 5.53. The molecule has 0 unspecified atom stereocenters. The van der Waals surface area contributed by atoms with E-state index in [0.29, 0.717) is 6.04 Å². The molecule has 1 saturated heterocycles. The van der Waals surface area contributed by atoms with Crippen LogP contribution in [0, 0.1) is 0 Å². The highest BCUT2D eigenvalue weighted by atomic mass is 15.3. The lowest BCUT2D eigenvalue weighted by molar-refractivity contribution is 0.312. The third-order valence-corrected chi connectivity index (χ3v) is 5.53. The topological polar surface area (TPSA) is 44.3 Å². The summed E-state index contributed by atoms with van der Waals surface area (Å²) in [5.74, 6) is 2.84. The van der Waals surface area contributed by atoms with E-state index in [9.17, 15) is 0 Å². The second-order valence-electron chi connectivity index (χ2n) is 7.57. The van der Waals surface area contributed by atoms with Gasteiger partial charge >= 0.3 is 0 Å². The zero-order valence-corrected chi connectivity index (χ0v) is 15.7. The SMILES string of the molecule is CN1CCN(c2cc(NC3CCCCC3)nc(-c3ccccc3)n2)CC1. The number of hydrogen-bond donors (Lipinski definition) is 1. The van der Waals surface area contributed by atoms with Gasteiger partial charge in [-0.3, -0.25) is 0 Å². The van der Waals surface area contributed by atoms with Crippen molar-refractivity contribution in [1.82, 2.24) is 14.9 Å². The average molecular weight is 351 g/mol. The van der Waals surface area contributed by atoms with Crippen molar-refractivity contribution in [2.45, 2.75) is 38.1 Å². The Kier molecular flexibility index (Phi) is 5.34. The summed E-state index contributed by atoms with van der Waals surface area (Å²) >= 11 is 0. The molecule has 0 radical (unpaired) electrons. The average Bonchev–Trinajstić information content (AvgIpc) is 2.70. The second-order valence-corrected chi connectivity index (χ2v) is 7.57. The van der Waals surface area contributed by atoms with Crippen LogP contribution in [0.4, 0.5) is 11.6 Å². The van der Waals surface area contributed by atoms with Gasteiger partial charge in [0.05, 0.1) is 0 Å². The van der Waals surface area contributed by atoms with Crippen LogP contribution in [-0.4, -0.2) is 54.1 Å². The van der Waals surface area contributed by atoms with Gasteiger partial charge in [0.2, 0.25) is 0 Å². The van der Waals surface area contributed by atoms with E-state index in [0.717, 1.165) is 49.2 Å². The van der Waals surface area contributed by atoms with Gasteiger partial charge < -0.3 is 15.1 Å². The fourth-order valence-electron chi connectivity index (χ4n) is 3.88. The molecule has 1 aliphatic carbocycles. The molecule has 1 aromatic carbocycles. The number of nitrogens with one attached hydrogen (secondary N) is 1. The Morgan fingerprint density at radius 3 is 2.38 bits per heavy atom. The van der Waals surface area contributed by atoms with Gasteiger partial charge in [-0.1, -0.05) is 49.6 Å². The highest BCUT2D eigenvalue weighted by Gasteiger charge is 2.19. The maximum Gasteiger partial charge on any atom is 0.163 e. The summed E-state index contributed by atoms with van der Waals surface area (Å²) in [4.78, 5) is 14.5. The van der Waals surface area contributed by atoms with Gasteiger partial charge in [0.15, 0.2) is 5.82 Å². The zero-order valence-electron chi connectivity index (χ0n) is 15.7. The van der Waals surface area contributed by atoms with Gasteiger partial charge in [0.25, 0.3) is 0 Å². The highest BCUT2D eigenvalue weighted by molar-refractivity contribution is 5.62. The molecule has 0 amide bonds. The zero-order chi connectivity index (χ0) is 17.8. The van der Waals surface area contributed by atoms with Crippen molar-refractivity contribution >= 4 is 11.6 Å². The number of likely N-dealkylation sites (N-methyl/N-ethyl adjacent to an activating group) is 1. The Balaban J connectivity index is 1.62. The first kappa shape index (κ1) is 17.3. The Hall–Kier alpha value is -2.14. The number of benzene rings is 1. The van der Waals surface area contributed by atoms with E-state index in [4.69, 9.17) is 9.97 Å². The molecule has 1 aromatic heterocycles. The smallest absolute Gasteiger partial charge is 0.163 e. The molecule has 2 fully saturated rings.